The summed E-state index contributed by atoms with van der Waals surface area (Å²) in [4.78, 5) is 71.7. The monoisotopic (exact) mass is 517 g/mol. The Kier molecular flexibility index (Phi) is 16.4. The summed E-state index contributed by atoms with van der Waals surface area (Å²) in [6.07, 6.45) is 1.04. The second-order valence-corrected chi connectivity index (χ2v) is 8.30. The second-order valence-electron chi connectivity index (χ2n) is 8.30. The molecule has 0 radical (unpaired) electrons. The lowest BCUT2D eigenvalue weighted by molar-refractivity contribution is -0.142. The van der Waals surface area contributed by atoms with Crippen molar-refractivity contribution in [3.05, 3.63) is 0 Å². The van der Waals surface area contributed by atoms with Crippen LogP contribution in [-0.2, 0) is 28.8 Å². The molecule has 0 fully saturated rings. The molecule has 0 saturated heterocycles. The first kappa shape index (κ1) is 32.7. The van der Waals surface area contributed by atoms with E-state index >= 15 is 0 Å². The normalized spacial score (nSPS) is 14.1. The van der Waals surface area contributed by atoms with Crippen molar-refractivity contribution in [2.24, 2.45) is 22.9 Å². The molecular formula is C21H39N7O8. The molecule has 13 N–H and O–H groups in total. The zero-order valence-corrected chi connectivity index (χ0v) is 20.2. The predicted octanol–water partition coefficient (Wildman–Crippen LogP) is -3.15. The standard InChI is InChI=1S/C21H39N7O8/c22-9-3-1-5-13(19(33)28-15(21(35)36)6-2-4-10-23)27-20(34)14(7-8-16(25)29)26-18(32)12(24)11-17(30)31/h12-15H,1-11,22-24H2,(H2,25,29)(H,26,32)(H,27,34)(H,28,33)(H,30,31)(H,35,36). The van der Waals surface area contributed by atoms with Crippen LogP contribution in [0.5, 0.6) is 0 Å². The summed E-state index contributed by atoms with van der Waals surface area (Å²) in [5.41, 5.74) is 21.6. The Hall–Kier alpha value is -3.30. The first-order valence-corrected chi connectivity index (χ1v) is 11.7. The van der Waals surface area contributed by atoms with Crippen LogP contribution in [0.25, 0.3) is 0 Å². The van der Waals surface area contributed by atoms with Gasteiger partial charge in [0.05, 0.1) is 12.5 Å². The fraction of sp³-hybridized carbons (Fsp3) is 0.714. The first-order chi connectivity index (χ1) is 16.9. The Labute approximate surface area is 209 Å². The van der Waals surface area contributed by atoms with E-state index in [-0.39, 0.29) is 25.7 Å². The van der Waals surface area contributed by atoms with Crippen LogP contribution in [0.2, 0.25) is 0 Å². The fourth-order valence-corrected chi connectivity index (χ4v) is 3.17. The minimum atomic E-state index is -1.46. The first-order valence-electron chi connectivity index (χ1n) is 11.7. The van der Waals surface area contributed by atoms with Crippen molar-refractivity contribution in [1.29, 1.82) is 0 Å². The number of unbranched alkanes of at least 4 members (excludes halogenated alkanes) is 2. The number of rotatable bonds is 20. The number of carboxylic acid groups (broad SMARTS) is 2. The minimum Gasteiger partial charge on any atom is -0.481 e. The van der Waals surface area contributed by atoms with E-state index in [2.05, 4.69) is 16.0 Å². The van der Waals surface area contributed by atoms with E-state index in [1.54, 1.807) is 0 Å². The summed E-state index contributed by atoms with van der Waals surface area (Å²) >= 11 is 0. The van der Waals surface area contributed by atoms with Gasteiger partial charge in [-0.25, -0.2) is 4.79 Å². The molecule has 0 aromatic rings. The van der Waals surface area contributed by atoms with Gasteiger partial charge in [0, 0.05) is 6.42 Å². The van der Waals surface area contributed by atoms with Crippen molar-refractivity contribution < 1.29 is 39.0 Å². The van der Waals surface area contributed by atoms with Crippen LogP contribution in [0.3, 0.4) is 0 Å². The average Bonchev–Trinajstić information content (AvgIpc) is 2.79. The van der Waals surface area contributed by atoms with E-state index < -0.39 is 66.2 Å². The summed E-state index contributed by atoms with van der Waals surface area (Å²) < 4.78 is 0. The predicted molar refractivity (Wildman–Crippen MR) is 128 cm³/mol. The molecule has 0 aliphatic carbocycles. The van der Waals surface area contributed by atoms with Crippen molar-refractivity contribution in [3.63, 3.8) is 0 Å². The van der Waals surface area contributed by atoms with Gasteiger partial charge in [-0.2, -0.15) is 0 Å². The number of aliphatic carboxylic acids is 2. The number of amides is 4. The minimum absolute atomic E-state index is 0.124. The molecule has 206 valence electrons. The Morgan fingerprint density at radius 2 is 1.11 bits per heavy atom. The third-order valence-corrected chi connectivity index (χ3v) is 5.19. The summed E-state index contributed by atoms with van der Waals surface area (Å²) in [6.45, 7) is 0.699. The molecule has 0 aliphatic heterocycles. The van der Waals surface area contributed by atoms with Gasteiger partial charge in [0.15, 0.2) is 0 Å². The van der Waals surface area contributed by atoms with Crippen molar-refractivity contribution in [1.82, 2.24) is 16.0 Å². The summed E-state index contributed by atoms with van der Waals surface area (Å²) in [6, 6.07) is -5.17. The molecule has 0 heterocycles. The third-order valence-electron chi connectivity index (χ3n) is 5.19. The lowest BCUT2D eigenvalue weighted by Gasteiger charge is -2.25. The quantitative estimate of drug-likeness (QED) is 0.0726. The molecule has 0 saturated carbocycles. The number of carboxylic acids is 2. The van der Waals surface area contributed by atoms with Gasteiger partial charge in [-0.1, -0.05) is 0 Å². The third kappa shape index (κ3) is 14.2. The van der Waals surface area contributed by atoms with E-state index in [9.17, 15) is 33.9 Å². The molecular weight excluding hydrogens is 478 g/mol. The van der Waals surface area contributed by atoms with Gasteiger partial charge >= 0.3 is 11.9 Å². The van der Waals surface area contributed by atoms with Gasteiger partial charge in [-0.3, -0.25) is 24.0 Å². The maximum atomic E-state index is 12.9. The Morgan fingerprint density at radius 3 is 1.56 bits per heavy atom. The average molecular weight is 518 g/mol. The topological polar surface area (TPSA) is 283 Å². The number of hydrogen-bond acceptors (Lipinski definition) is 9. The van der Waals surface area contributed by atoms with Crippen LogP contribution >= 0.6 is 0 Å². The molecule has 15 nitrogen and oxygen atoms in total. The van der Waals surface area contributed by atoms with Gasteiger partial charge in [0.1, 0.15) is 18.1 Å². The number of nitrogens with one attached hydrogen (secondary N) is 3. The van der Waals surface area contributed by atoms with Crippen LogP contribution in [-0.4, -0.2) is 83.0 Å². The summed E-state index contributed by atoms with van der Waals surface area (Å²) in [7, 11) is 0. The van der Waals surface area contributed by atoms with Crippen LogP contribution in [0.4, 0.5) is 0 Å². The molecule has 15 heteroatoms. The van der Waals surface area contributed by atoms with Gasteiger partial charge < -0.3 is 49.1 Å². The van der Waals surface area contributed by atoms with Crippen LogP contribution in [0.15, 0.2) is 0 Å². The molecule has 0 aliphatic rings. The number of hydrogen-bond donors (Lipinski definition) is 9. The zero-order chi connectivity index (χ0) is 27.7. The molecule has 0 bridgehead atoms. The number of carbonyl (C=O) groups excluding carboxylic acids is 4. The molecule has 36 heavy (non-hydrogen) atoms. The smallest absolute Gasteiger partial charge is 0.326 e. The second kappa shape index (κ2) is 18.0. The fourth-order valence-electron chi connectivity index (χ4n) is 3.17. The van der Waals surface area contributed by atoms with Gasteiger partial charge in [0.25, 0.3) is 0 Å². The highest BCUT2D eigenvalue weighted by atomic mass is 16.4. The van der Waals surface area contributed by atoms with Crippen LogP contribution in [0.1, 0.15) is 57.8 Å². The van der Waals surface area contributed by atoms with Crippen molar-refractivity contribution in [3.8, 4) is 0 Å². The van der Waals surface area contributed by atoms with Crippen molar-refractivity contribution in [2.75, 3.05) is 13.1 Å². The maximum absolute atomic E-state index is 12.9. The number of carbonyl (C=O) groups is 6. The highest BCUT2D eigenvalue weighted by Crippen LogP contribution is 2.07. The molecule has 0 aromatic carbocycles. The summed E-state index contributed by atoms with van der Waals surface area (Å²) in [5.74, 6) is -5.87. The SMILES string of the molecule is NCCCCC(NC(=O)C(CCCCN)NC(=O)C(CCC(N)=O)NC(=O)C(N)CC(=O)O)C(=O)O. The Bertz CT molecular complexity index is 765. The van der Waals surface area contributed by atoms with E-state index in [0.717, 1.165) is 0 Å². The van der Waals surface area contributed by atoms with E-state index in [4.69, 9.17) is 28.0 Å². The Balaban J connectivity index is 5.55. The highest BCUT2D eigenvalue weighted by molar-refractivity contribution is 5.95. The van der Waals surface area contributed by atoms with Crippen LogP contribution < -0.4 is 38.9 Å². The lowest BCUT2D eigenvalue weighted by Crippen LogP contribution is -2.57. The van der Waals surface area contributed by atoms with Crippen molar-refractivity contribution in [2.45, 2.75) is 82.0 Å². The summed E-state index contributed by atoms with van der Waals surface area (Å²) in [5, 5.41) is 25.4. The van der Waals surface area contributed by atoms with Crippen molar-refractivity contribution >= 4 is 35.6 Å². The molecule has 0 aromatic heterocycles. The zero-order valence-electron chi connectivity index (χ0n) is 20.2. The maximum Gasteiger partial charge on any atom is 0.326 e. The van der Waals surface area contributed by atoms with Gasteiger partial charge in [0.2, 0.25) is 23.6 Å². The highest BCUT2D eigenvalue weighted by Gasteiger charge is 2.30. The largest absolute Gasteiger partial charge is 0.481 e. The Morgan fingerprint density at radius 1 is 0.667 bits per heavy atom. The molecule has 4 amide bonds. The van der Waals surface area contributed by atoms with E-state index in [1.807, 2.05) is 0 Å². The van der Waals surface area contributed by atoms with Gasteiger partial charge in [-0.15, -0.1) is 0 Å². The molecule has 0 spiro atoms. The van der Waals surface area contributed by atoms with E-state index in [0.29, 0.717) is 38.8 Å². The lowest BCUT2D eigenvalue weighted by atomic mass is 10.0. The van der Waals surface area contributed by atoms with Crippen LogP contribution in [0, 0.1) is 0 Å². The van der Waals surface area contributed by atoms with E-state index in [1.165, 1.54) is 0 Å². The molecule has 4 unspecified atom stereocenters. The van der Waals surface area contributed by atoms with Gasteiger partial charge in [-0.05, 0) is 58.0 Å². The molecule has 0 rings (SSSR count). The number of nitrogens with two attached hydrogens (primary N) is 4. The molecule has 4 atom stereocenters. The number of primary amides is 1.